The van der Waals surface area contributed by atoms with Gasteiger partial charge in [-0.1, -0.05) is 42.8 Å². The van der Waals surface area contributed by atoms with Gasteiger partial charge in [-0.15, -0.1) is 5.10 Å². The number of carbonyl (C=O) groups excluding carboxylic acids is 1. The number of carbonyl (C=O) groups is 1. The maximum absolute atomic E-state index is 12.6. The van der Waals surface area contributed by atoms with Crippen LogP contribution in [0.1, 0.15) is 44.3 Å². The van der Waals surface area contributed by atoms with E-state index >= 15 is 0 Å². The Balaban J connectivity index is 1.62. The van der Waals surface area contributed by atoms with Crippen LogP contribution in [0, 0.1) is 0 Å². The van der Waals surface area contributed by atoms with Crippen molar-refractivity contribution < 1.29 is 4.79 Å². The van der Waals surface area contributed by atoms with Crippen molar-refractivity contribution in [2.24, 2.45) is 0 Å². The SMILES string of the molecule is CC(Sc1n[nH]c(C2CCCC2)n1)C(=O)N(C)c1ccccc1. The van der Waals surface area contributed by atoms with E-state index in [0.717, 1.165) is 11.5 Å². The molecular weight excluding hydrogens is 308 g/mol. The van der Waals surface area contributed by atoms with Gasteiger partial charge in [-0.25, -0.2) is 4.98 Å². The number of hydrogen-bond acceptors (Lipinski definition) is 4. The molecule has 2 aromatic rings. The van der Waals surface area contributed by atoms with Gasteiger partial charge < -0.3 is 4.90 Å². The molecule has 1 heterocycles. The second-order valence-corrected chi connectivity index (χ2v) is 7.29. The second kappa shape index (κ2) is 7.17. The maximum atomic E-state index is 12.6. The summed E-state index contributed by atoms with van der Waals surface area (Å²) in [6.45, 7) is 1.90. The molecule has 3 rings (SSSR count). The third-order valence-electron chi connectivity index (χ3n) is 4.33. The van der Waals surface area contributed by atoms with Gasteiger partial charge in [0.1, 0.15) is 5.82 Å². The fourth-order valence-electron chi connectivity index (χ4n) is 2.95. The highest BCUT2D eigenvalue weighted by atomic mass is 32.2. The summed E-state index contributed by atoms with van der Waals surface area (Å²) in [6, 6.07) is 9.67. The molecule has 6 heteroatoms. The Kier molecular flexibility index (Phi) is 5.00. The van der Waals surface area contributed by atoms with Gasteiger partial charge >= 0.3 is 0 Å². The summed E-state index contributed by atoms with van der Waals surface area (Å²) in [6.07, 6.45) is 4.91. The zero-order valence-electron chi connectivity index (χ0n) is 13.5. The average Bonchev–Trinajstić information content (AvgIpc) is 3.25. The van der Waals surface area contributed by atoms with E-state index in [1.54, 1.807) is 11.9 Å². The lowest BCUT2D eigenvalue weighted by Gasteiger charge is -2.20. The zero-order chi connectivity index (χ0) is 16.2. The molecule has 5 nitrogen and oxygen atoms in total. The van der Waals surface area contributed by atoms with Gasteiger partial charge in [0.05, 0.1) is 5.25 Å². The molecule has 122 valence electrons. The molecular formula is C17H22N4OS. The number of amides is 1. The van der Waals surface area contributed by atoms with Crippen LogP contribution in [0.4, 0.5) is 5.69 Å². The molecule has 0 radical (unpaired) electrons. The van der Waals surface area contributed by atoms with E-state index in [2.05, 4.69) is 15.2 Å². The largest absolute Gasteiger partial charge is 0.315 e. The lowest BCUT2D eigenvalue weighted by atomic mass is 10.1. The van der Waals surface area contributed by atoms with E-state index in [4.69, 9.17) is 0 Å². The number of hydrogen-bond donors (Lipinski definition) is 1. The van der Waals surface area contributed by atoms with Crippen LogP contribution < -0.4 is 4.90 Å². The van der Waals surface area contributed by atoms with Crippen molar-refractivity contribution in [1.29, 1.82) is 0 Å². The molecule has 1 amide bonds. The Morgan fingerprint density at radius 2 is 2.00 bits per heavy atom. The van der Waals surface area contributed by atoms with Crippen LogP contribution in [0.15, 0.2) is 35.5 Å². The van der Waals surface area contributed by atoms with E-state index in [-0.39, 0.29) is 11.2 Å². The molecule has 1 aliphatic rings. The topological polar surface area (TPSA) is 61.9 Å². The lowest BCUT2D eigenvalue weighted by Crippen LogP contribution is -2.33. The monoisotopic (exact) mass is 330 g/mol. The third kappa shape index (κ3) is 3.75. The van der Waals surface area contributed by atoms with E-state index in [9.17, 15) is 4.79 Å². The van der Waals surface area contributed by atoms with E-state index < -0.39 is 0 Å². The number of benzene rings is 1. The van der Waals surface area contributed by atoms with Crippen LogP contribution >= 0.6 is 11.8 Å². The first-order valence-electron chi connectivity index (χ1n) is 8.06. The quantitative estimate of drug-likeness (QED) is 0.851. The molecule has 1 fully saturated rings. The first-order chi connectivity index (χ1) is 11.1. The van der Waals surface area contributed by atoms with E-state index in [1.807, 2.05) is 37.3 Å². The molecule has 0 saturated heterocycles. The summed E-state index contributed by atoms with van der Waals surface area (Å²) >= 11 is 1.41. The average molecular weight is 330 g/mol. The van der Waals surface area contributed by atoms with Gasteiger partial charge in [-0.05, 0) is 31.9 Å². The Labute approximate surface area is 140 Å². The van der Waals surface area contributed by atoms with Crippen LogP contribution in [0.5, 0.6) is 0 Å². The van der Waals surface area contributed by atoms with Crippen molar-refractivity contribution in [3.8, 4) is 0 Å². The molecule has 0 aliphatic heterocycles. The minimum atomic E-state index is -0.229. The van der Waals surface area contributed by atoms with Crippen molar-refractivity contribution in [3.05, 3.63) is 36.2 Å². The molecule has 1 N–H and O–H groups in total. The number of anilines is 1. The predicted octanol–water partition coefficient (Wildman–Crippen LogP) is 3.61. The number of aromatic nitrogens is 3. The number of para-hydroxylation sites is 1. The molecule has 1 aliphatic carbocycles. The van der Waals surface area contributed by atoms with Crippen molar-refractivity contribution in [3.63, 3.8) is 0 Å². The van der Waals surface area contributed by atoms with Crippen molar-refractivity contribution in [2.75, 3.05) is 11.9 Å². The molecule has 1 saturated carbocycles. The van der Waals surface area contributed by atoms with Crippen molar-refractivity contribution in [1.82, 2.24) is 15.2 Å². The number of nitrogens with one attached hydrogen (secondary N) is 1. The van der Waals surface area contributed by atoms with Gasteiger partial charge in [0.2, 0.25) is 11.1 Å². The summed E-state index contributed by atoms with van der Waals surface area (Å²) in [5.41, 5.74) is 0.895. The lowest BCUT2D eigenvalue weighted by molar-refractivity contribution is -0.117. The Morgan fingerprint density at radius 1 is 1.30 bits per heavy atom. The highest BCUT2D eigenvalue weighted by Crippen LogP contribution is 2.33. The maximum Gasteiger partial charge on any atom is 0.240 e. The molecule has 1 aromatic carbocycles. The summed E-state index contributed by atoms with van der Waals surface area (Å²) in [5.74, 6) is 1.53. The molecule has 0 bridgehead atoms. The van der Waals surface area contributed by atoms with Crippen LogP contribution in [0.25, 0.3) is 0 Å². The van der Waals surface area contributed by atoms with Gasteiger partial charge in [-0.3, -0.25) is 9.89 Å². The van der Waals surface area contributed by atoms with Crippen molar-refractivity contribution in [2.45, 2.75) is 48.9 Å². The molecule has 1 atom stereocenters. The standard InChI is InChI=1S/C17H22N4OS/c1-12(16(22)21(2)14-10-4-3-5-11-14)23-17-18-15(19-20-17)13-8-6-7-9-13/h3-5,10-13H,6-9H2,1-2H3,(H,18,19,20). The van der Waals surface area contributed by atoms with E-state index in [0.29, 0.717) is 11.1 Å². The van der Waals surface area contributed by atoms with Gasteiger partial charge in [0, 0.05) is 18.7 Å². The predicted molar refractivity (Wildman–Crippen MR) is 92.8 cm³/mol. The molecule has 0 spiro atoms. The van der Waals surface area contributed by atoms with E-state index in [1.165, 1.54) is 37.4 Å². The van der Waals surface area contributed by atoms with Crippen LogP contribution in [-0.2, 0) is 4.79 Å². The summed E-state index contributed by atoms with van der Waals surface area (Å²) in [7, 11) is 1.80. The van der Waals surface area contributed by atoms with Crippen LogP contribution in [0.3, 0.4) is 0 Å². The molecule has 1 aromatic heterocycles. The Bertz CT molecular complexity index is 652. The van der Waals surface area contributed by atoms with Crippen LogP contribution in [0.2, 0.25) is 0 Å². The summed E-state index contributed by atoms with van der Waals surface area (Å²) in [4.78, 5) is 18.8. The van der Waals surface area contributed by atoms with Crippen LogP contribution in [-0.4, -0.2) is 33.4 Å². The smallest absolute Gasteiger partial charge is 0.240 e. The second-order valence-electron chi connectivity index (χ2n) is 5.98. The number of H-pyrrole nitrogens is 1. The zero-order valence-corrected chi connectivity index (χ0v) is 14.3. The van der Waals surface area contributed by atoms with Crippen molar-refractivity contribution >= 4 is 23.4 Å². The van der Waals surface area contributed by atoms with Gasteiger partial charge in [-0.2, -0.15) is 0 Å². The molecule has 23 heavy (non-hydrogen) atoms. The Hall–Kier alpha value is -1.82. The highest BCUT2D eigenvalue weighted by Gasteiger charge is 2.24. The Morgan fingerprint density at radius 3 is 2.70 bits per heavy atom. The van der Waals surface area contributed by atoms with Gasteiger partial charge in [0.15, 0.2) is 0 Å². The fraction of sp³-hybridized carbons (Fsp3) is 0.471. The minimum absolute atomic E-state index is 0.0495. The highest BCUT2D eigenvalue weighted by molar-refractivity contribution is 8.00. The first-order valence-corrected chi connectivity index (χ1v) is 8.94. The number of aromatic amines is 1. The fourth-order valence-corrected chi connectivity index (χ4v) is 3.78. The third-order valence-corrected chi connectivity index (χ3v) is 5.28. The number of rotatable bonds is 5. The number of nitrogens with zero attached hydrogens (tertiary/aromatic N) is 3. The first kappa shape index (κ1) is 16.1. The summed E-state index contributed by atoms with van der Waals surface area (Å²) < 4.78 is 0. The molecule has 1 unspecified atom stereocenters. The van der Waals surface area contributed by atoms with Gasteiger partial charge in [0.25, 0.3) is 0 Å². The minimum Gasteiger partial charge on any atom is -0.315 e. The normalized spacial score (nSPS) is 16.4. The summed E-state index contributed by atoms with van der Waals surface area (Å²) in [5, 5.41) is 7.75. The number of thioether (sulfide) groups is 1.